The number of hydrogen-bond acceptors (Lipinski definition) is 5. The van der Waals surface area contributed by atoms with Crippen LogP contribution < -0.4 is 5.32 Å². The molecule has 1 aromatic heterocycles. The van der Waals surface area contributed by atoms with E-state index in [-0.39, 0.29) is 17.5 Å². The van der Waals surface area contributed by atoms with Crippen molar-refractivity contribution in [2.24, 2.45) is 0 Å². The molecule has 2 rings (SSSR count). The molecule has 10 heteroatoms. The molecule has 0 fully saturated rings. The van der Waals surface area contributed by atoms with Gasteiger partial charge in [-0.25, -0.2) is 17.6 Å². The Morgan fingerprint density at radius 3 is 2.40 bits per heavy atom. The van der Waals surface area contributed by atoms with E-state index in [1.807, 2.05) is 5.32 Å². The fourth-order valence-corrected chi connectivity index (χ4v) is 1.27. The normalized spacial score (nSPS) is 11.2. The molecule has 0 atom stereocenters. The van der Waals surface area contributed by atoms with Gasteiger partial charge < -0.3 is 5.32 Å². The number of aromatic amines is 1. The molecular weight excluding hydrogens is 280 g/mol. The number of anilines is 1. The van der Waals surface area contributed by atoms with E-state index in [0.717, 1.165) is 6.20 Å². The van der Waals surface area contributed by atoms with Crippen LogP contribution in [0.25, 0.3) is 5.57 Å². The predicted molar refractivity (Wildman–Crippen MR) is 57.7 cm³/mol. The maximum Gasteiger partial charge on any atom is 0.216 e. The first-order valence-corrected chi connectivity index (χ1v) is 4.98. The van der Waals surface area contributed by atoms with Crippen LogP contribution in [0.3, 0.4) is 0 Å². The SMILES string of the molecule is N#CC(=CNc1c(F)c(F)cc(F)c1F)c1nn[nH]n1. The number of benzene rings is 1. The van der Waals surface area contributed by atoms with Crippen molar-refractivity contribution < 1.29 is 17.6 Å². The topological polar surface area (TPSA) is 90.3 Å². The minimum Gasteiger partial charge on any atom is -0.355 e. The Labute approximate surface area is 108 Å². The van der Waals surface area contributed by atoms with Gasteiger partial charge in [0.15, 0.2) is 23.3 Å². The first kappa shape index (κ1) is 13.5. The van der Waals surface area contributed by atoms with Crippen molar-refractivity contribution in [1.82, 2.24) is 20.6 Å². The molecule has 0 radical (unpaired) electrons. The molecule has 6 nitrogen and oxygen atoms in total. The summed E-state index contributed by atoms with van der Waals surface area (Å²) in [6.07, 6.45) is 0.797. The summed E-state index contributed by atoms with van der Waals surface area (Å²) in [5, 5.41) is 23.0. The van der Waals surface area contributed by atoms with Gasteiger partial charge in [-0.05, 0) is 5.21 Å². The number of H-pyrrole nitrogens is 1. The first-order chi connectivity index (χ1) is 9.54. The molecule has 0 aliphatic rings. The van der Waals surface area contributed by atoms with Crippen molar-refractivity contribution in [2.45, 2.75) is 0 Å². The number of aromatic nitrogens is 4. The molecule has 0 saturated carbocycles. The fourth-order valence-electron chi connectivity index (χ4n) is 1.27. The molecule has 0 aliphatic heterocycles. The van der Waals surface area contributed by atoms with E-state index in [1.165, 1.54) is 0 Å². The first-order valence-electron chi connectivity index (χ1n) is 4.98. The Morgan fingerprint density at radius 1 is 1.25 bits per heavy atom. The number of rotatable bonds is 3. The average Bonchev–Trinajstić information content (AvgIpc) is 2.94. The number of hydrogen-bond donors (Lipinski definition) is 2. The highest BCUT2D eigenvalue weighted by Crippen LogP contribution is 2.24. The predicted octanol–water partition coefficient (Wildman–Crippen LogP) is 1.73. The number of allylic oxidation sites excluding steroid dienone is 1. The zero-order valence-electron chi connectivity index (χ0n) is 9.46. The maximum absolute atomic E-state index is 13.3. The van der Waals surface area contributed by atoms with Gasteiger partial charge in [0.1, 0.15) is 17.3 Å². The van der Waals surface area contributed by atoms with Crippen molar-refractivity contribution in [3.8, 4) is 6.07 Å². The Morgan fingerprint density at radius 2 is 1.90 bits per heavy atom. The van der Waals surface area contributed by atoms with E-state index in [4.69, 9.17) is 5.26 Å². The second kappa shape index (κ2) is 5.35. The van der Waals surface area contributed by atoms with Crippen molar-refractivity contribution >= 4 is 11.3 Å². The highest BCUT2D eigenvalue weighted by Gasteiger charge is 2.18. The molecule has 0 bridgehead atoms. The highest BCUT2D eigenvalue weighted by molar-refractivity contribution is 5.74. The average molecular weight is 284 g/mol. The number of nitrogens with one attached hydrogen (secondary N) is 2. The van der Waals surface area contributed by atoms with Gasteiger partial charge in [-0.1, -0.05) is 0 Å². The van der Waals surface area contributed by atoms with Crippen LogP contribution in [-0.4, -0.2) is 20.6 Å². The largest absolute Gasteiger partial charge is 0.355 e. The van der Waals surface area contributed by atoms with Crippen LogP contribution in [0.2, 0.25) is 0 Å². The monoisotopic (exact) mass is 284 g/mol. The fraction of sp³-hybridized carbons (Fsp3) is 0. The van der Waals surface area contributed by atoms with Gasteiger partial charge in [-0.15, -0.1) is 10.2 Å². The van der Waals surface area contributed by atoms with Crippen molar-refractivity contribution in [3.63, 3.8) is 0 Å². The van der Waals surface area contributed by atoms with Crippen LogP contribution in [0.5, 0.6) is 0 Å². The molecule has 0 aliphatic carbocycles. The highest BCUT2D eigenvalue weighted by atomic mass is 19.2. The number of halogens is 4. The summed E-state index contributed by atoms with van der Waals surface area (Å²) < 4.78 is 52.6. The van der Waals surface area contributed by atoms with E-state index in [9.17, 15) is 17.6 Å². The number of nitrogens with zero attached hydrogens (tertiary/aromatic N) is 4. The summed E-state index contributed by atoms with van der Waals surface area (Å²) in [5.41, 5.74) is -1.32. The minimum absolute atomic E-state index is 0.0734. The van der Waals surface area contributed by atoms with Crippen LogP contribution >= 0.6 is 0 Å². The standard InChI is InChI=1S/C10H4F4N6/c11-5-1-6(12)8(14)9(7(5)13)16-3-4(2-15)10-17-19-20-18-10/h1,3,16H,(H,17,18,19,20). The van der Waals surface area contributed by atoms with E-state index in [0.29, 0.717) is 0 Å². The molecule has 2 N–H and O–H groups in total. The molecule has 0 unspecified atom stereocenters. The Bertz CT molecular complexity index is 677. The van der Waals surface area contributed by atoms with Gasteiger partial charge in [0.2, 0.25) is 5.82 Å². The molecular formula is C10H4F4N6. The molecule has 1 aromatic carbocycles. The van der Waals surface area contributed by atoms with Crippen molar-refractivity contribution in [1.29, 1.82) is 5.26 Å². The number of tetrazole rings is 1. The van der Waals surface area contributed by atoms with E-state index in [2.05, 4.69) is 20.6 Å². The van der Waals surface area contributed by atoms with Gasteiger partial charge in [0.05, 0.1) is 0 Å². The third kappa shape index (κ3) is 2.41. The van der Waals surface area contributed by atoms with Crippen molar-refractivity contribution in [3.05, 3.63) is 41.4 Å². The third-order valence-electron chi connectivity index (χ3n) is 2.18. The summed E-state index contributed by atoms with van der Waals surface area (Å²) in [6, 6.07) is 1.70. The lowest BCUT2D eigenvalue weighted by Crippen LogP contribution is -2.03. The van der Waals surface area contributed by atoms with Gasteiger partial charge >= 0.3 is 0 Å². The van der Waals surface area contributed by atoms with Gasteiger partial charge in [0.25, 0.3) is 0 Å². The molecule has 0 amide bonds. The number of nitriles is 1. The van der Waals surface area contributed by atoms with Gasteiger partial charge in [-0.2, -0.15) is 10.5 Å². The summed E-state index contributed by atoms with van der Waals surface area (Å²) in [6.45, 7) is 0. The third-order valence-corrected chi connectivity index (χ3v) is 2.18. The van der Waals surface area contributed by atoms with Crippen LogP contribution in [0.4, 0.5) is 23.2 Å². The molecule has 102 valence electrons. The lowest BCUT2D eigenvalue weighted by atomic mass is 10.2. The van der Waals surface area contributed by atoms with E-state index in [1.54, 1.807) is 6.07 Å². The zero-order chi connectivity index (χ0) is 14.7. The van der Waals surface area contributed by atoms with Crippen LogP contribution in [0.1, 0.15) is 5.82 Å². The van der Waals surface area contributed by atoms with E-state index < -0.39 is 29.0 Å². The Balaban J connectivity index is 2.38. The van der Waals surface area contributed by atoms with Gasteiger partial charge in [-0.3, -0.25) is 0 Å². The molecule has 2 aromatic rings. The molecule has 0 saturated heterocycles. The quantitative estimate of drug-likeness (QED) is 0.509. The Hall–Kier alpha value is -2.96. The zero-order valence-corrected chi connectivity index (χ0v) is 9.46. The van der Waals surface area contributed by atoms with Crippen LogP contribution in [0.15, 0.2) is 12.3 Å². The minimum atomic E-state index is -1.62. The summed E-state index contributed by atoms with van der Waals surface area (Å²) in [7, 11) is 0. The molecule has 1 heterocycles. The summed E-state index contributed by atoms with van der Waals surface area (Å²) >= 11 is 0. The smallest absolute Gasteiger partial charge is 0.216 e. The van der Waals surface area contributed by atoms with Crippen molar-refractivity contribution in [2.75, 3.05) is 5.32 Å². The van der Waals surface area contributed by atoms with Crippen LogP contribution in [-0.2, 0) is 0 Å². The van der Waals surface area contributed by atoms with Crippen LogP contribution in [0, 0.1) is 34.6 Å². The summed E-state index contributed by atoms with van der Waals surface area (Å²) in [4.78, 5) is 0. The lowest BCUT2D eigenvalue weighted by Gasteiger charge is -2.06. The second-order valence-electron chi connectivity index (χ2n) is 3.39. The second-order valence-corrected chi connectivity index (χ2v) is 3.39. The lowest BCUT2D eigenvalue weighted by molar-refractivity contribution is 0.459. The van der Waals surface area contributed by atoms with Gasteiger partial charge in [0, 0.05) is 12.3 Å². The molecule has 20 heavy (non-hydrogen) atoms. The Kier molecular flexibility index (Phi) is 3.60. The maximum atomic E-state index is 13.3. The molecule has 0 spiro atoms. The summed E-state index contributed by atoms with van der Waals surface area (Å²) in [5.74, 6) is -6.54. The van der Waals surface area contributed by atoms with E-state index >= 15 is 0 Å².